The van der Waals surface area contributed by atoms with Crippen molar-refractivity contribution in [3.8, 4) is 11.5 Å². The zero-order valence-electron chi connectivity index (χ0n) is 12.2. The maximum atomic E-state index is 12.0. The molecule has 23 heavy (non-hydrogen) atoms. The van der Waals surface area contributed by atoms with Gasteiger partial charge in [-0.15, -0.1) is 0 Å². The van der Waals surface area contributed by atoms with Gasteiger partial charge in [0.1, 0.15) is 0 Å². The van der Waals surface area contributed by atoms with Crippen LogP contribution >= 0.6 is 22.6 Å². The number of rotatable bonds is 2. The number of benzene rings is 2. The Kier molecular flexibility index (Phi) is 4.37. The van der Waals surface area contributed by atoms with E-state index >= 15 is 0 Å². The Morgan fingerprint density at radius 3 is 2.52 bits per heavy atom. The average Bonchev–Trinajstić information content (AvgIpc) is 2.97. The molecule has 6 nitrogen and oxygen atoms in total. The van der Waals surface area contributed by atoms with Gasteiger partial charge < -0.3 is 20.1 Å². The van der Waals surface area contributed by atoms with Crippen molar-refractivity contribution in [3.05, 3.63) is 45.5 Å². The zero-order valence-corrected chi connectivity index (χ0v) is 14.3. The summed E-state index contributed by atoms with van der Waals surface area (Å²) in [5, 5.41) is 5.13. The lowest BCUT2D eigenvalue weighted by Crippen LogP contribution is -2.29. The number of carbonyl (C=O) groups excluding carboxylic acids is 2. The quantitative estimate of drug-likeness (QED) is 0.575. The summed E-state index contributed by atoms with van der Waals surface area (Å²) in [5.41, 5.74) is 1.96. The first-order chi connectivity index (χ1) is 11.0. The van der Waals surface area contributed by atoms with Crippen LogP contribution in [0.5, 0.6) is 11.5 Å². The SMILES string of the molecule is Cc1cc(I)ccc1NC(=O)C(=O)Nc1ccc2c(c1)OCO2. The van der Waals surface area contributed by atoms with Crippen LogP contribution in [-0.2, 0) is 9.59 Å². The van der Waals surface area contributed by atoms with Gasteiger partial charge in [-0.2, -0.15) is 0 Å². The van der Waals surface area contributed by atoms with Gasteiger partial charge in [0, 0.05) is 21.0 Å². The Labute approximate surface area is 146 Å². The number of carbonyl (C=O) groups is 2. The minimum Gasteiger partial charge on any atom is -0.454 e. The number of aryl methyl sites for hydroxylation is 1. The van der Waals surface area contributed by atoms with Gasteiger partial charge in [0.15, 0.2) is 11.5 Å². The third kappa shape index (κ3) is 3.55. The normalized spacial score (nSPS) is 11.9. The van der Waals surface area contributed by atoms with Crippen LogP contribution in [0.25, 0.3) is 0 Å². The van der Waals surface area contributed by atoms with E-state index < -0.39 is 11.8 Å². The predicted molar refractivity (Wildman–Crippen MR) is 93.7 cm³/mol. The number of fused-ring (bicyclic) bond motifs is 1. The van der Waals surface area contributed by atoms with Gasteiger partial charge in [-0.1, -0.05) is 0 Å². The monoisotopic (exact) mass is 424 g/mol. The first kappa shape index (κ1) is 15.6. The fraction of sp³-hybridized carbons (Fsp3) is 0.125. The Balaban J connectivity index is 1.67. The fourth-order valence-electron chi connectivity index (χ4n) is 2.11. The number of amides is 2. The molecule has 0 radical (unpaired) electrons. The van der Waals surface area contributed by atoms with Crippen molar-refractivity contribution in [3.63, 3.8) is 0 Å². The van der Waals surface area contributed by atoms with Gasteiger partial charge in [-0.05, 0) is 65.4 Å². The van der Waals surface area contributed by atoms with E-state index in [0.717, 1.165) is 9.13 Å². The largest absolute Gasteiger partial charge is 0.454 e. The average molecular weight is 424 g/mol. The van der Waals surface area contributed by atoms with Crippen LogP contribution < -0.4 is 20.1 Å². The van der Waals surface area contributed by atoms with E-state index in [1.54, 1.807) is 24.3 Å². The number of nitrogens with one attached hydrogen (secondary N) is 2. The summed E-state index contributed by atoms with van der Waals surface area (Å²) >= 11 is 2.18. The van der Waals surface area contributed by atoms with Gasteiger partial charge in [-0.25, -0.2) is 0 Å². The van der Waals surface area contributed by atoms with E-state index in [0.29, 0.717) is 22.9 Å². The minimum atomic E-state index is -0.748. The lowest BCUT2D eigenvalue weighted by Gasteiger charge is -2.09. The standard InChI is InChI=1S/C16H13IN2O4/c1-9-6-10(17)2-4-12(9)19-16(21)15(20)18-11-3-5-13-14(7-11)23-8-22-13/h2-7H,8H2,1H3,(H,18,20)(H,19,21). The first-order valence-corrected chi connectivity index (χ1v) is 7.89. The van der Waals surface area contributed by atoms with Gasteiger partial charge >= 0.3 is 11.8 Å². The van der Waals surface area contributed by atoms with Crippen LogP contribution in [-0.4, -0.2) is 18.6 Å². The second-order valence-electron chi connectivity index (χ2n) is 4.94. The summed E-state index contributed by atoms with van der Waals surface area (Å²) in [6.45, 7) is 2.02. The van der Waals surface area contributed by atoms with Gasteiger partial charge in [0.05, 0.1) is 0 Å². The summed E-state index contributed by atoms with van der Waals surface area (Å²) < 4.78 is 11.5. The highest BCUT2D eigenvalue weighted by Gasteiger charge is 2.18. The van der Waals surface area contributed by atoms with Gasteiger partial charge in [0.2, 0.25) is 6.79 Å². The van der Waals surface area contributed by atoms with Crippen molar-refractivity contribution in [1.82, 2.24) is 0 Å². The molecule has 2 aromatic rings. The number of hydrogen-bond donors (Lipinski definition) is 2. The minimum absolute atomic E-state index is 0.152. The molecule has 0 aromatic heterocycles. The highest BCUT2D eigenvalue weighted by Crippen LogP contribution is 2.34. The molecular weight excluding hydrogens is 411 g/mol. The summed E-state index contributed by atoms with van der Waals surface area (Å²) in [6, 6.07) is 10.5. The molecular formula is C16H13IN2O4. The highest BCUT2D eigenvalue weighted by atomic mass is 127. The molecule has 2 aromatic carbocycles. The molecule has 0 aliphatic carbocycles. The summed E-state index contributed by atoms with van der Waals surface area (Å²) in [6.07, 6.45) is 0. The van der Waals surface area contributed by atoms with Crippen LogP contribution in [0.3, 0.4) is 0 Å². The van der Waals surface area contributed by atoms with E-state index in [9.17, 15) is 9.59 Å². The van der Waals surface area contributed by atoms with Crippen molar-refractivity contribution in [2.45, 2.75) is 6.92 Å². The van der Waals surface area contributed by atoms with E-state index in [1.807, 2.05) is 19.1 Å². The second kappa shape index (κ2) is 6.45. The number of anilines is 2. The molecule has 0 unspecified atom stereocenters. The third-order valence-corrected chi connectivity index (χ3v) is 3.94. The number of hydrogen-bond acceptors (Lipinski definition) is 4. The molecule has 2 N–H and O–H groups in total. The number of halogens is 1. The topological polar surface area (TPSA) is 76.7 Å². The van der Waals surface area contributed by atoms with E-state index in [-0.39, 0.29) is 6.79 Å². The molecule has 1 heterocycles. The van der Waals surface area contributed by atoms with Crippen molar-refractivity contribution in [1.29, 1.82) is 0 Å². The maximum absolute atomic E-state index is 12.0. The Morgan fingerprint density at radius 1 is 1.00 bits per heavy atom. The molecule has 0 saturated heterocycles. The molecule has 3 rings (SSSR count). The van der Waals surface area contributed by atoms with Crippen LogP contribution in [0, 0.1) is 10.5 Å². The van der Waals surface area contributed by atoms with Crippen molar-refractivity contribution < 1.29 is 19.1 Å². The van der Waals surface area contributed by atoms with Crippen LogP contribution in [0.1, 0.15) is 5.56 Å². The van der Waals surface area contributed by atoms with Crippen molar-refractivity contribution in [2.24, 2.45) is 0 Å². The molecule has 1 aliphatic rings. The molecule has 118 valence electrons. The summed E-state index contributed by atoms with van der Waals surface area (Å²) in [5.74, 6) is -0.326. The van der Waals surface area contributed by atoms with Crippen molar-refractivity contribution in [2.75, 3.05) is 17.4 Å². The summed E-state index contributed by atoms with van der Waals surface area (Å²) in [4.78, 5) is 24.0. The predicted octanol–water partition coefficient (Wildman–Crippen LogP) is 2.91. The van der Waals surface area contributed by atoms with Crippen molar-refractivity contribution >= 4 is 45.8 Å². The molecule has 7 heteroatoms. The Bertz CT molecular complexity index is 792. The molecule has 0 spiro atoms. The van der Waals surface area contributed by atoms with Crippen LogP contribution in [0.15, 0.2) is 36.4 Å². The molecule has 2 amide bonds. The molecule has 0 atom stereocenters. The maximum Gasteiger partial charge on any atom is 0.314 e. The van der Waals surface area contributed by atoms with E-state index in [1.165, 1.54) is 0 Å². The second-order valence-corrected chi connectivity index (χ2v) is 6.18. The van der Waals surface area contributed by atoms with Gasteiger partial charge in [-0.3, -0.25) is 9.59 Å². The molecule has 1 aliphatic heterocycles. The smallest absolute Gasteiger partial charge is 0.314 e. The van der Waals surface area contributed by atoms with Crippen LogP contribution in [0.4, 0.5) is 11.4 Å². The molecule has 0 bridgehead atoms. The molecule has 0 saturated carbocycles. The van der Waals surface area contributed by atoms with E-state index in [2.05, 4.69) is 33.2 Å². The Hall–Kier alpha value is -2.29. The van der Waals surface area contributed by atoms with E-state index in [4.69, 9.17) is 9.47 Å². The third-order valence-electron chi connectivity index (χ3n) is 3.27. The lowest BCUT2D eigenvalue weighted by atomic mass is 10.2. The summed E-state index contributed by atoms with van der Waals surface area (Å²) in [7, 11) is 0. The zero-order chi connectivity index (χ0) is 16.4. The van der Waals surface area contributed by atoms with Gasteiger partial charge in [0.25, 0.3) is 0 Å². The fourth-order valence-corrected chi connectivity index (χ4v) is 2.76. The lowest BCUT2D eigenvalue weighted by molar-refractivity contribution is -0.133. The van der Waals surface area contributed by atoms with Crippen LogP contribution in [0.2, 0.25) is 0 Å². The Morgan fingerprint density at radius 2 is 1.74 bits per heavy atom. The first-order valence-electron chi connectivity index (χ1n) is 6.81. The number of ether oxygens (including phenoxy) is 2. The molecule has 0 fully saturated rings. The highest BCUT2D eigenvalue weighted by molar-refractivity contribution is 14.1.